The molecule has 0 atom stereocenters. The lowest BCUT2D eigenvalue weighted by molar-refractivity contribution is -0.385. The van der Waals surface area contributed by atoms with Crippen molar-refractivity contribution in [2.75, 3.05) is 5.32 Å². The van der Waals surface area contributed by atoms with E-state index in [0.29, 0.717) is 17.8 Å². The summed E-state index contributed by atoms with van der Waals surface area (Å²) in [5, 5.41) is 27.2. The molecule has 0 bridgehead atoms. The molecule has 0 aliphatic carbocycles. The van der Waals surface area contributed by atoms with Gasteiger partial charge in [0.1, 0.15) is 0 Å². The fourth-order valence-electron chi connectivity index (χ4n) is 1.95. The quantitative estimate of drug-likeness (QED) is 0.650. The molecule has 21 heavy (non-hydrogen) atoms. The van der Waals surface area contributed by atoms with E-state index in [9.17, 15) is 14.9 Å². The highest BCUT2D eigenvalue weighted by molar-refractivity contribution is 7.08. The van der Waals surface area contributed by atoms with Gasteiger partial charge in [-0.3, -0.25) is 10.1 Å². The maximum atomic E-state index is 11.1. The summed E-state index contributed by atoms with van der Waals surface area (Å²) in [5.74, 6) is -1.19. The Morgan fingerprint density at radius 2 is 2.10 bits per heavy atom. The molecule has 1 heterocycles. The molecule has 0 amide bonds. The van der Waals surface area contributed by atoms with E-state index in [0.717, 1.165) is 17.2 Å². The Morgan fingerprint density at radius 3 is 2.62 bits per heavy atom. The number of nitrogens with one attached hydrogen (secondary N) is 1. The van der Waals surface area contributed by atoms with Crippen molar-refractivity contribution in [1.29, 1.82) is 0 Å². The van der Waals surface area contributed by atoms with Crippen LogP contribution in [0.3, 0.4) is 0 Å². The van der Waals surface area contributed by atoms with Gasteiger partial charge >= 0.3 is 5.97 Å². The highest BCUT2D eigenvalue weighted by Gasteiger charge is 2.19. The Kier molecular flexibility index (Phi) is 4.23. The third-order valence-corrected chi connectivity index (χ3v) is 4.17. The number of benzene rings is 1. The molecule has 7 heteroatoms. The van der Waals surface area contributed by atoms with Gasteiger partial charge in [0.15, 0.2) is 0 Å². The second-order valence-corrected chi connectivity index (χ2v) is 5.41. The number of aromatic carboxylic acids is 1. The molecular weight excluding hydrogens is 292 g/mol. The van der Waals surface area contributed by atoms with Crippen molar-refractivity contribution in [2.45, 2.75) is 20.4 Å². The van der Waals surface area contributed by atoms with E-state index in [1.807, 2.05) is 17.7 Å². The van der Waals surface area contributed by atoms with Gasteiger partial charge in [0.25, 0.3) is 5.69 Å². The van der Waals surface area contributed by atoms with Crippen LogP contribution in [0, 0.1) is 24.0 Å². The number of aryl methyl sites for hydroxylation is 1. The first-order valence-corrected chi connectivity index (χ1v) is 7.12. The number of nitro groups is 1. The number of nitro benzene ring substituents is 1. The fraction of sp³-hybridized carbons (Fsp3) is 0.214. The van der Waals surface area contributed by atoms with Crippen molar-refractivity contribution in [2.24, 2.45) is 0 Å². The summed E-state index contributed by atoms with van der Waals surface area (Å²) in [5.41, 5.74) is 2.82. The molecule has 1 aromatic heterocycles. The lowest BCUT2D eigenvalue weighted by Crippen LogP contribution is -2.06. The Labute approximate surface area is 125 Å². The fourth-order valence-corrected chi connectivity index (χ4v) is 2.81. The van der Waals surface area contributed by atoms with Gasteiger partial charge in [-0.1, -0.05) is 0 Å². The minimum atomic E-state index is -1.19. The van der Waals surface area contributed by atoms with Gasteiger partial charge in [0.05, 0.1) is 10.5 Å². The number of anilines is 1. The lowest BCUT2D eigenvalue weighted by atomic mass is 10.1. The maximum Gasteiger partial charge on any atom is 0.336 e. The van der Waals surface area contributed by atoms with Crippen molar-refractivity contribution in [3.63, 3.8) is 0 Å². The Morgan fingerprint density at radius 1 is 1.38 bits per heavy atom. The van der Waals surface area contributed by atoms with E-state index < -0.39 is 10.9 Å². The first-order valence-electron chi connectivity index (χ1n) is 6.18. The number of carboxylic acids is 1. The standard InChI is InChI=1S/C14H14N2O4S/c1-8-6-21-7-11(8)5-15-12-3-10(14(17)18)4-13(9(12)2)16(19)20/h3-4,6-7,15H,5H2,1-2H3,(H,17,18). The molecule has 0 saturated carbocycles. The number of rotatable bonds is 5. The number of hydrogen-bond acceptors (Lipinski definition) is 5. The third-order valence-electron chi connectivity index (χ3n) is 3.25. The van der Waals surface area contributed by atoms with Gasteiger partial charge in [-0.25, -0.2) is 4.79 Å². The molecule has 0 saturated heterocycles. The second kappa shape index (κ2) is 5.92. The van der Waals surface area contributed by atoms with E-state index in [-0.39, 0.29) is 11.3 Å². The zero-order valence-corrected chi connectivity index (χ0v) is 12.4. The first kappa shape index (κ1) is 15.0. The SMILES string of the molecule is Cc1cscc1CNc1cc(C(=O)O)cc([N+](=O)[O-])c1C. The van der Waals surface area contributed by atoms with Gasteiger partial charge in [-0.05, 0) is 41.8 Å². The van der Waals surface area contributed by atoms with Crippen LogP contribution in [0.5, 0.6) is 0 Å². The zero-order chi connectivity index (χ0) is 15.6. The summed E-state index contributed by atoms with van der Waals surface area (Å²) >= 11 is 1.58. The van der Waals surface area contributed by atoms with Crippen molar-refractivity contribution >= 4 is 28.7 Å². The van der Waals surface area contributed by atoms with Crippen LogP contribution in [0.15, 0.2) is 22.9 Å². The molecule has 0 unspecified atom stereocenters. The normalized spacial score (nSPS) is 10.4. The number of hydrogen-bond donors (Lipinski definition) is 2. The molecule has 0 spiro atoms. The molecule has 2 aromatic rings. The minimum Gasteiger partial charge on any atom is -0.478 e. The third kappa shape index (κ3) is 3.19. The molecule has 110 valence electrons. The summed E-state index contributed by atoms with van der Waals surface area (Å²) in [6, 6.07) is 2.51. The van der Waals surface area contributed by atoms with Gasteiger partial charge in [-0.2, -0.15) is 11.3 Å². The van der Waals surface area contributed by atoms with E-state index in [1.165, 1.54) is 6.07 Å². The highest BCUT2D eigenvalue weighted by atomic mass is 32.1. The largest absolute Gasteiger partial charge is 0.478 e. The average molecular weight is 306 g/mol. The topological polar surface area (TPSA) is 92.5 Å². The number of carboxylic acid groups (broad SMARTS) is 1. The van der Waals surface area contributed by atoms with Gasteiger partial charge < -0.3 is 10.4 Å². The van der Waals surface area contributed by atoms with Gasteiger partial charge in [0.2, 0.25) is 0 Å². The van der Waals surface area contributed by atoms with Crippen LogP contribution < -0.4 is 5.32 Å². The summed E-state index contributed by atoms with van der Waals surface area (Å²) < 4.78 is 0. The monoisotopic (exact) mass is 306 g/mol. The second-order valence-electron chi connectivity index (χ2n) is 4.66. The number of carbonyl (C=O) groups is 1. The van der Waals surface area contributed by atoms with E-state index >= 15 is 0 Å². The average Bonchev–Trinajstić information content (AvgIpc) is 2.82. The molecule has 0 aliphatic rings. The summed E-state index contributed by atoms with van der Waals surface area (Å²) in [7, 11) is 0. The molecule has 0 aliphatic heterocycles. The van der Waals surface area contributed by atoms with Crippen LogP contribution >= 0.6 is 11.3 Å². The van der Waals surface area contributed by atoms with Crippen LogP contribution in [-0.4, -0.2) is 16.0 Å². The Hall–Kier alpha value is -2.41. The van der Waals surface area contributed by atoms with Crippen molar-refractivity contribution < 1.29 is 14.8 Å². The van der Waals surface area contributed by atoms with Crippen LogP contribution in [0.2, 0.25) is 0 Å². The molecule has 6 nitrogen and oxygen atoms in total. The molecule has 0 fully saturated rings. The molecule has 0 radical (unpaired) electrons. The van der Waals surface area contributed by atoms with Crippen LogP contribution in [0.1, 0.15) is 27.0 Å². The smallest absolute Gasteiger partial charge is 0.336 e. The summed E-state index contributed by atoms with van der Waals surface area (Å²) in [4.78, 5) is 21.5. The highest BCUT2D eigenvalue weighted by Crippen LogP contribution is 2.28. The first-order chi connectivity index (χ1) is 9.90. The van der Waals surface area contributed by atoms with Crippen LogP contribution in [0.4, 0.5) is 11.4 Å². The van der Waals surface area contributed by atoms with Crippen LogP contribution in [0.25, 0.3) is 0 Å². The maximum absolute atomic E-state index is 11.1. The van der Waals surface area contributed by atoms with E-state index in [1.54, 1.807) is 18.3 Å². The predicted octanol–water partition coefficient (Wildman–Crippen LogP) is 3.58. The molecular formula is C14H14N2O4S. The Bertz CT molecular complexity index is 709. The van der Waals surface area contributed by atoms with Crippen molar-refractivity contribution in [3.05, 3.63) is 55.3 Å². The van der Waals surface area contributed by atoms with E-state index in [2.05, 4.69) is 5.32 Å². The zero-order valence-electron chi connectivity index (χ0n) is 11.5. The van der Waals surface area contributed by atoms with E-state index in [4.69, 9.17) is 5.11 Å². The van der Waals surface area contributed by atoms with Gasteiger partial charge in [-0.15, -0.1) is 0 Å². The summed E-state index contributed by atoms with van der Waals surface area (Å²) in [6.45, 7) is 4.08. The minimum absolute atomic E-state index is 0.100. The molecule has 2 rings (SSSR count). The van der Waals surface area contributed by atoms with Gasteiger partial charge in [0, 0.05) is 23.9 Å². The summed E-state index contributed by atoms with van der Waals surface area (Å²) in [6.07, 6.45) is 0. The number of nitrogens with zero attached hydrogens (tertiary/aromatic N) is 1. The van der Waals surface area contributed by atoms with Crippen molar-refractivity contribution in [1.82, 2.24) is 0 Å². The van der Waals surface area contributed by atoms with Crippen LogP contribution in [-0.2, 0) is 6.54 Å². The predicted molar refractivity (Wildman–Crippen MR) is 81.2 cm³/mol. The Balaban J connectivity index is 2.35. The number of thiophene rings is 1. The van der Waals surface area contributed by atoms with Crippen molar-refractivity contribution in [3.8, 4) is 0 Å². The lowest BCUT2D eigenvalue weighted by Gasteiger charge is -2.11. The molecule has 1 aromatic carbocycles. The molecule has 2 N–H and O–H groups in total.